The predicted octanol–water partition coefficient (Wildman–Crippen LogP) is 5.02. The number of carbonyl (C=O) groups excluding carboxylic acids is 1. The van der Waals surface area contributed by atoms with Crippen LogP contribution in [0.2, 0.25) is 5.02 Å². The molecule has 5 nitrogen and oxygen atoms in total. The van der Waals surface area contributed by atoms with Crippen LogP contribution in [-0.4, -0.2) is 20.3 Å². The maximum atomic E-state index is 12.7. The van der Waals surface area contributed by atoms with Crippen molar-refractivity contribution in [3.05, 3.63) is 47.0 Å². The van der Waals surface area contributed by atoms with Gasteiger partial charge in [0.1, 0.15) is 11.5 Å². The second-order valence-corrected chi connectivity index (χ2v) is 5.25. The average molecular weight is 375 g/mol. The van der Waals surface area contributed by atoms with E-state index >= 15 is 0 Å². The molecule has 0 aliphatic carbocycles. The molecular weight excluding hydrogens is 361 g/mol. The Kier molecular flexibility index (Phi) is 5.63. The fraction of sp³-hybridized carbons (Fsp3) is 0.188. The van der Waals surface area contributed by atoms with E-state index in [1.54, 1.807) is 0 Å². The van der Waals surface area contributed by atoms with Gasteiger partial charge in [0.15, 0.2) is 0 Å². The molecule has 2 aromatic rings. The fourth-order valence-corrected chi connectivity index (χ4v) is 2.26. The van der Waals surface area contributed by atoms with Crippen LogP contribution in [-0.2, 0) is 6.18 Å². The molecule has 0 aliphatic rings. The standard InChI is InChI=1S/C16H14ClF3N2O3/c1-24-13-8-14(25-2)12(7-11(13)17)22-15(23)21-10-5-3-4-9(6-10)16(18,19)20/h3-8H,1-2H3,(H2,21,22,23). The lowest BCUT2D eigenvalue weighted by atomic mass is 10.2. The predicted molar refractivity (Wildman–Crippen MR) is 88.6 cm³/mol. The Bertz CT molecular complexity index is 782. The molecule has 0 fully saturated rings. The summed E-state index contributed by atoms with van der Waals surface area (Å²) in [6.45, 7) is 0. The number of rotatable bonds is 4. The summed E-state index contributed by atoms with van der Waals surface area (Å²) in [6, 6.07) is 6.41. The Balaban J connectivity index is 2.17. The van der Waals surface area contributed by atoms with E-state index in [2.05, 4.69) is 10.6 Å². The first-order valence-electron chi connectivity index (χ1n) is 6.91. The molecule has 0 aromatic heterocycles. The number of ether oxygens (including phenoxy) is 2. The molecule has 0 saturated carbocycles. The van der Waals surface area contributed by atoms with E-state index in [1.807, 2.05) is 0 Å². The van der Waals surface area contributed by atoms with E-state index in [0.29, 0.717) is 5.75 Å². The van der Waals surface area contributed by atoms with Gasteiger partial charge in [-0.15, -0.1) is 0 Å². The monoisotopic (exact) mass is 374 g/mol. The molecule has 0 saturated heterocycles. The minimum absolute atomic E-state index is 0.00843. The number of hydrogen-bond donors (Lipinski definition) is 2. The van der Waals surface area contributed by atoms with Crippen molar-refractivity contribution < 1.29 is 27.4 Å². The zero-order valence-electron chi connectivity index (χ0n) is 13.2. The van der Waals surface area contributed by atoms with E-state index in [0.717, 1.165) is 12.1 Å². The first-order chi connectivity index (χ1) is 11.7. The van der Waals surface area contributed by atoms with Crippen molar-refractivity contribution in [1.29, 1.82) is 0 Å². The van der Waals surface area contributed by atoms with Crippen molar-refractivity contribution in [2.24, 2.45) is 0 Å². The van der Waals surface area contributed by atoms with Crippen molar-refractivity contribution in [3.63, 3.8) is 0 Å². The molecule has 0 radical (unpaired) electrons. The minimum Gasteiger partial charge on any atom is -0.495 e. The van der Waals surface area contributed by atoms with E-state index in [9.17, 15) is 18.0 Å². The summed E-state index contributed by atoms with van der Waals surface area (Å²) in [5.74, 6) is 0.628. The van der Waals surface area contributed by atoms with Crippen molar-refractivity contribution in [3.8, 4) is 11.5 Å². The average Bonchev–Trinajstić information content (AvgIpc) is 2.54. The van der Waals surface area contributed by atoms with Crippen molar-refractivity contribution in [1.82, 2.24) is 0 Å². The van der Waals surface area contributed by atoms with Crippen LogP contribution in [0, 0.1) is 0 Å². The Morgan fingerprint density at radius 2 is 1.72 bits per heavy atom. The van der Waals surface area contributed by atoms with E-state index in [4.69, 9.17) is 21.1 Å². The van der Waals surface area contributed by atoms with Gasteiger partial charge < -0.3 is 20.1 Å². The van der Waals surface area contributed by atoms with Gasteiger partial charge in [-0.25, -0.2) is 4.79 Å². The van der Waals surface area contributed by atoms with Crippen LogP contribution in [0.5, 0.6) is 11.5 Å². The van der Waals surface area contributed by atoms with Crippen molar-refractivity contribution in [2.45, 2.75) is 6.18 Å². The number of benzene rings is 2. The summed E-state index contributed by atoms with van der Waals surface area (Å²) in [5, 5.41) is 5.02. The summed E-state index contributed by atoms with van der Waals surface area (Å²) < 4.78 is 48.3. The Hall–Kier alpha value is -2.61. The first kappa shape index (κ1) is 18.7. The fourth-order valence-electron chi connectivity index (χ4n) is 2.02. The molecule has 0 atom stereocenters. The highest BCUT2D eigenvalue weighted by molar-refractivity contribution is 6.32. The maximum absolute atomic E-state index is 12.7. The number of nitrogens with one attached hydrogen (secondary N) is 2. The van der Waals surface area contributed by atoms with Crippen molar-refractivity contribution >= 4 is 29.0 Å². The molecule has 2 N–H and O–H groups in total. The van der Waals surface area contributed by atoms with Gasteiger partial charge in [0.05, 0.1) is 30.5 Å². The van der Waals surface area contributed by atoms with Gasteiger partial charge in [0.2, 0.25) is 0 Å². The van der Waals surface area contributed by atoms with E-state index < -0.39 is 17.8 Å². The van der Waals surface area contributed by atoms with E-state index in [1.165, 1.54) is 38.5 Å². The molecule has 2 amide bonds. The molecule has 0 spiro atoms. The van der Waals surface area contributed by atoms with Gasteiger partial charge in [-0.05, 0) is 24.3 Å². The van der Waals surface area contributed by atoms with Crippen LogP contribution >= 0.6 is 11.6 Å². The highest BCUT2D eigenvalue weighted by Gasteiger charge is 2.30. The van der Waals surface area contributed by atoms with Gasteiger partial charge in [0.25, 0.3) is 0 Å². The highest BCUT2D eigenvalue weighted by atomic mass is 35.5. The quantitative estimate of drug-likeness (QED) is 0.790. The van der Waals surface area contributed by atoms with Crippen LogP contribution in [0.1, 0.15) is 5.56 Å². The third-order valence-electron chi connectivity index (χ3n) is 3.17. The molecule has 0 bridgehead atoms. The van der Waals surface area contributed by atoms with Crippen LogP contribution in [0.4, 0.5) is 29.3 Å². The maximum Gasteiger partial charge on any atom is 0.416 e. The van der Waals surface area contributed by atoms with Crippen LogP contribution in [0.25, 0.3) is 0 Å². The van der Waals surface area contributed by atoms with Gasteiger partial charge in [0, 0.05) is 11.8 Å². The van der Waals surface area contributed by atoms with Gasteiger partial charge >= 0.3 is 12.2 Å². The summed E-state index contributed by atoms with van der Waals surface area (Å²) in [6.07, 6.45) is -4.50. The summed E-state index contributed by atoms with van der Waals surface area (Å²) in [4.78, 5) is 12.0. The first-order valence-corrected chi connectivity index (χ1v) is 7.29. The molecule has 9 heteroatoms. The third kappa shape index (κ3) is 4.69. The zero-order valence-corrected chi connectivity index (χ0v) is 14.0. The van der Waals surface area contributed by atoms with Gasteiger partial charge in [-0.2, -0.15) is 13.2 Å². The molecular formula is C16H14ClF3N2O3. The number of amides is 2. The zero-order chi connectivity index (χ0) is 18.6. The van der Waals surface area contributed by atoms with Crippen LogP contribution < -0.4 is 20.1 Å². The molecule has 0 unspecified atom stereocenters. The lowest BCUT2D eigenvalue weighted by Gasteiger charge is -2.14. The molecule has 25 heavy (non-hydrogen) atoms. The summed E-state index contributed by atoms with van der Waals surface area (Å²) in [7, 11) is 2.81. The number of alkyl halides is 3. The van der Waals surface area contributed by atoms with Crippen molar-refractivity contribution in [2.75, 3.05) is 24.9 Å². The van der Waals surface area contributed by atoms with Crippen LogP contribution in [0.3, 0.4) is 0 Å². The summed E-state index contributed by atoms with van der Waals surface area (Å²) >= 11 is 6.00. The number of urea groups is 1. The lowest BCUT2D eigenvalue weighted by Crippen LogP contribution is -2.20. The van der Waals surface area contributed by atoms with E-state index in [-0.39, 0.29) is 22.1 Å². The van der Waals surface area contributed by atoms with Gasteiger partial charge in [-0.1, -0.05) is 17.7 Å². The Morgan fingerprint density at radius 1 is 1.04 bits per heavy atom. The lowest BCUT2D eigenvalue weighted by molar-refractivity contribution is -0.137. The Labute approximate surface area is 146 Å². The third-order valence-corrected chi connectivity index (χ3v) is 3.47. The number of methoxy groups -OCH3 is 2. The number of halogens is 4. The molecule has 134 valence electrons. The largest absolute Gasteiger partial charge is 0.495 e. The Morgan fingerprint density at radius 3 is 2.32 bits per heavy atom. The van der Waals surface area contributed by atoms with Gasteiger partial charge in [-0.3, -0.25) is 0 Å². The highest BCUT2D eigenvalue weighted by Crippen LogP contribution is 2.36. The number of carbonyl (C=O) groups is 1. The minimum atomic E-state index is -4.50. The molecule has 2 rings (SSSR count). The van der Waals surface area contributed by atoms with Crippen LogP contribution in [0.15, 0.2) is 36.4 Å². The summed E-state index contributed by atoms with van der Waals surface area (Å²) in [5.41, 5.74) is -0.640. The number of hydrogen-bond acceptors (Lipinski definition) is 3. The number of anilines is 2. The normalized spacial score (nSPS) is 11.0. The SMILES string of the molecule is COc1cc(OC)c(NC(=O)Nc2cccc(C(F)(F)F)c2)cc1Cl. The topological polar surface area (TPSA) is 59.6 Å². The molecule has 2 aromatic carbocycles. The molecule has 0 aliphatic heterocycles. The molecule has 0 heterocycles. The smallest absolute Gasteiger partial charge is 0.416 e. The second-order valence-electron chi connectivity index (χ2n) is 4.84. The second kappa shape index (κ2) is 7.52.